The van der Waals surface area contributed by atoms with E-state index in [1.54, 1.807) is 0 Å². The van der Waals surface area contributed by atoms with Crippen LogP contribution in [-0.4, -0.2) is 29.9 Å². The van der Waals surface area contributed by atoms with Crippen molar-refractivity contribution < 1.29 is 4.79 Å². The number of rotatable bonds is 4. The Bertz CT molecular complexity index is 267. The number of carbonyl (C=O) groups excluding carboxylic acids is 1. The second-order valence-electron chi connectivity index (χ2n) is 6.08. The van der Waals surface area contributed by atoms with Crippen molar-refractivity contribution in [2.45, 2.75) is 64.8 Å². The van der Waals surface area contributed by atoms with Crippen molar-refractivity contribution in [2.24, 2.45) is 11.1 Å². The predicted octanol–water partition coefficient (Wildman–Crippen LogP) is 2.54. The van der Waals surface area contributed by atoms with Crippen LogP contribution in [0.5, 0.6) is 0 Å². The molecule has 0 bridgehead atoms. The molecule has 1 aliphatic rings. The monoisotopic (exact) mass is 240 g/mol. The minimum absolute atomic E-state index is 0.0727. The van der Waals surface area contributed by atoms with E-state index in [9.17, 15) is 4.79 Å². The van der Waals surface area contributed by atoms with Gasteiger partial charge in [-0.3, -0.25) is 4.79 Å². The average molecular weight is 240 g/mol. The van der Waals surface area contributed by atoms with Crippen LogP contribution >= 0.6 is 0 Å². The Balaban J connectivity index is 2.85. The van der Waals surface area contributed by atoms with Crippen LogP contribution < -0.4 is 5.73 Å². The van der Waals surface area contributed by atoms with Gasteiger partial charge in [0.05, 0.1) is 5.41 Å². The lowest BCUT2D eigenvalue weighted by molar-refractivity contribution is -0.147. The van der Waals surface area contributed by atoms with Gasteiger partial charge in [0.2, 0.25) is 5.91 Å². The van der Waals surface area contributed by atoms with E-state index < -0.39 is 0 Å². The van der Waals surface area contributed by atoms with Crippen molar-refractivity contribution in [2.75, 3.05) is 13.6 Å². The van der Waals surface area contributed by atoms with Gasteiger partial charge >= 0.3 is 0 Å². The Kier molecular flexibility index (Phi) is 4.59. The third kappa shape index (κ3) is 2.82. The van der Waals surface area contributed by atoms with E-state index in [0.717, 1.165) is 32.1 Å². The fraction of sp³-hybridized carbons (Fsp3) is 0.929. The van der Waals surface area contributed by atoms with Crippen LogP contribution in [0, 0.1) is 5.41 Å². The van der Waals surface area contributed by atoms with Crippen molar-refractivity contribution >= 4 is 5.91 Å². The molecule has 100 valence electrons. The van der Waals surface area contributed by atoms with Crippen LogP contribution in [-0.2, 0) is 4.79 Å². The predicted molar refractivity (Wildman–Crippen MR) is 71.7 cm³/mol. The quantitative estimate of drug-likeness (QED) is 0.821. The average Bonchev–Trinajstić information content (AvgIpc) is 2.37. The van der Waals surface area contributed by atoms with Gasteiger partial charge in [-0.1, -0.05) is 26.2 Å². The van der Waals surface area contributed by atoms with Gasteiger partial charge in [-0.15, -0.1) is 0 Å². The molecule has 0 aromatic heterocycles. The highest BCUT2D eigenvalue weighted by molar-refractivity contribution is 5.83. The largest absolute Gasteiger partial charge is 0.340 e. The van der Waals surface area contributed by atoms with Gasteiger partial charge in [-0.25, -0.2) is 0 Å². The minimum Gasteiger partial charge on any atom is -0.340 e. The SMILES string of the molecule is CCC(C)(C)N(C)C(=O)C1(CN)CCCCC1. The van der Waals surface area contributed by atoms with Crippen LogP contribution in [0.4, 0.5) is 0 Å². The van der Waals surface area contributed by atoms with E-state index in [-0.39, 0.29) is 16.9 Å². The van der Waals surface area contributed by atoms with Crippen LogP contribution in [0.1, 0.15) is 59.3 Å². The normalized spacial score (nSPS) is 20.1. The summed E-state index contributed by atoms with van der Waals surface area (Å²) in [4.78, 5) is 14.6. The Labute approximate surface area is 106 Å². The minimum atomic E-state index is -0.278. The Morgan fingerprint density at radius 1 is 1.29 bits per heavy atom. The fourth-order valence-corrected chi connectivity index (χ4v) is 2.60. The highest BCUT2D eigenvalue weighted by atomic mass is 16.2. The number of hydrogen-bond donors (Lipinski definition) is 1. The van der Waals surface area contributed by atoms with Crippen molar-refractivity contribution in [3.63, 3.8) is 0 Å². The van der Waals surface area contributed by atoms with Crippen molar-refractivity contribution in [1.82, 2.24) is 4.90 Å². The van der Waals surface area contributed by atoms with Gasteiger partial charge < -0.3 is 10.6 Å². The molecule has 0 atom stereocenters. The molecule has 1 saturated carbocycles. The van der Waals surface area contributed by atoms with Gasteiger partial charge in [0.15, 0.2) is 0 Å². The van der Waals surface area contributed by atoms with Gasteiger partial charge in [-0.2, -0.15) is 0 Å². The molecular formula is C14H28N2O. The highest BCUT2D eigenvalue weighted by Gasteiger charge is 2.42. The first-order valence-electron chi connectivity index (χ1n) is 6.88. The van der Waals surface area contributed by atoms with E-state index in [1.165, 1.54) is 6.42 Å². The van der Waals surface area contributed by atoms with Crippen molar-refractivity contribution in [3.05, 3.63) is 0 Å². The maximum absolute atomic E-state index is 12.7. The lowest BCUT2D eigenvalue weighted by atomic mass is 9.72. The summed E-state index contributed by atoms with van der Waals surface area (Å²) < 4.78 is 0. The van der Waals surface area contributed by atoms with Crippen molar-refractivity contribution in [1.29, 1.82) is 0 Å². The fourth-order valence-electron chi connectivity index (χ4n) is 2.60. The summed E-state index contributed by atoms with van der Waals surface area (Å²) in [5.41, 5.74) is 5.56. The molecule has 0 saturated heterocycles. The van der Waals surface area contributed by atoms with Crippen LogP contribution in [0.3, 0.4) is 0 Å². The first-order valence-corrected chi connectivity index (χ1v) is 6.88. The summed E-state index contributed by atoms with van der Waals surface area (Å²) in [5, 5.41) is 0. The van der Waals surface area contributed by atoms with E-state index >= 15 is 0 Å². The summed E-state index contributed by atoms with van der Waals surface area (Å²) >= 11 is 0. The first kappa shape index (κ1) is 14.5. The number of nitrogens with two attached hydrogens (primary N) is 1. The van der Waals surface area contributed by atoms with E-state index in [2.05, 4.69) is 20.8 Å². The molecular weight excluding hydrogens is 212 g/mol. The van der Waals surface area contributed by atoms with Gasteiger partial charge in [0.25, 0.3) is 0 Å². The summed E-state index contributed by atoms with van der Waals surface area (Å²) in [6, 6.07) is 0. The second-order valence-corrected chi connectivity index (χ2v) is 6.08. The zero-order chi connectivity index (χ0) is 13.1. The van der Waals surface area contributed by atoms with Crippen molar-refractivity contribution in [3.8, 4) is 0 Å². The Hall–Kier alpha value is -0.570. The molecule has 0 heterocycles. The molecule has 1 rings (SSSR count). The summed E-state index contributed by atoms with van der Waals surface area (Å²) in [7, 11) is 1.93. The summed E-state index contributed by atoms with van der Waals surface area (Å²) in [5.74, 6) is 0.256. The Morgan fingerprint density at radius 2 is 1.82 bits per heavy atom. The molecule has 0 aromatic carbocycles. The molecule has 0 radical (unpaired) electrons. The van der Waals surface area contributed by atoms with Crippen LogP contribution in [0.15, 0.2) is 0 Å². The van der Waals surface area contributed by atoms with Gasteiger partial charge in [0.1, 0.15) is 0 Å². The molecule has 0 aromatic rings. The van der Waals surface area contributed by atoms with E-state index in [0.29, 0.717) is 6.54 Å². The smallest absolute Gasteiger partial charge is 0.230 e. The molecule has 1 aliphatic carbocycles. The maximum atomic E-state index is 12.7. The Morgan fingerprint density at radius 3 is 2.24 bits per heavy atom. The molecule has 1 fully saturated rings. The zero-order valence-electron chi connectivity index (χ0n) is 11.9. The third-order valence-corrected chi connectivity index (χ3v) is 4.73. The lowest BCUT2D eigenvalue weighted by Crippen LogP contribution is -2.54. The molecule has 1 amide bonds. The maximum Gasteiger partial charge on any atom is 0.230 e. The topological polar surface area (TPSA) is 46.3 Å². The molecule has 0 unspecified atom stereocenters. The summed E-state index contributed by atoms with van der Waals surface area (Å²) in [6.07, 6.45) is 6.43. The highest BCUT2D eigenvalue weighted by Crippen LogP contribution is 2.38. The standard InChI is InChI=1S/C14H28N2O/c1-5-13(2,3)16(4)12(17)14(11-15)9-7-6-8-10-14/h5-11,15H2,1-4H3. The molecule has 0 spiro atoms. The second kappa shape index (κ2) is 5.38. The van der Waals surface area contributed by atoms with Crippen LogP contribution in [0.25, 0.3) is 0 Å². The zero-order valence-corrected chi connectivity index (χ0v) is 11.9. The molecule has 3 heteroatoms. The third-order valence-electron chi connectivity index (χ3n) is 4.73. The van der Waals surface area contributed by atoms with E-state index in [4.69, 9.17) is 5.73 Å². The first-order chi connectivity index (χ1) is 7.89. The number of nitrogens with zero attached hydrogens (tertiary/aromatic N) is 1. The van der Waals surface area contributed by atoms with E-state index in [1.807, 2.05) is 11.9 Å². The number of carbonyl (C=O) groups is 1. The lowest BCUT2D eigenvalue weighted by Gasteiger charge is -2.43. The number of hydrogen-bond acceptors (Lipinski definition) is 2. The summed E-state index contributed by atoms with van der Waals surface area (Å²) in [6.45, 7) is 6.87. The number of amides is 1. The molecule has 2 N–H and O–H groups in total. The molecule has 3 nitrogen and oxygen atoms in total. The molecule has 0 aliphatic heterocycles. The van der Waals surface area contributed by atoms with Gasteiger partial charge in [-0.05, 0) is 33.1 Å². The van der Waals surface area contributed by atoms with Gasteiger partial charge in [0, 0.05) is 19.1 Å². The van der Waals surface area contributed by atoms with Crippen LogP contribution in [0.2, 0.25) is 0 Å². The molecule has 17 heavy (non-hydrogen) atoms.